The largest absolute Gasteiger partial charge is 0.465 e. The van der Waals surface area contributed by atoms with Crippen molar-refractivity contribution in [1.82, 2.24) is 0 Å². The quantitative estimate of drug-likeness (QED) is 0.570. The molecule has 3 aromatic rings. The van der Waals surface area contributed by atoms with E-state index in [-0.39, 0.29) is 16.4 Å². The molecular weight excluding hydrogens is 412 g/mol. The van der Waals surface area contributed by atoms with Crippen molar-refractivity contribution in [3.8, 4) is 17.2 Å². The molecule has 1 N–H and O–H groups in total. The third-order valence-electron chi connectivity index (χ3n) is 5.22. The minimum atomic E-state index is -4.04. The number of hydrogen-bond donors (Lipinski definition) is 1. The van der Waals surface area contributed by atoms with Crippen LogP contribution in [0.4, 0.5) is 5.69 Å². The second-order valence-electron chi connectivity index (χ2n) is 7.36. The zero-order valence-corrected chi connectivity index (χ0v) is 17.6. The molecule has 1 fully saturated rings. The van der Waals surface area contributed by atoms with Gasteiger partial charge in [-0.15, -0.1) is 0 Å². The van der Waals surface area contributed by atoms with Crippen LogP contribution in [0.2, 0.25) is 0 Å². The third kappa shape index (κ3) is 4.30. The van der Waals surface area contributed by atoms with Gasteiger partial charge in [-0.3, -0.25) is 4.72 Å². The van der Waals surface area contributed by atoms with Crippen LogP contribution in [0.3, 0.4) is 0 Å². The lowest BCUT2D eigenvalue weighted by atomic mass is 10.0. The van der Waals surface area contributed by atoms with Crippen molar-refractivity contribution in [2.24, 2.45) is 0 Å². The first-order valence-electron chi connectivity index (χ1n) is 9.77. The van der Waals surface area contributed by atoms with E-state index in [1.807, 2.05) is 36.4 Å². The highest BCUT2D eigenvalue weighted by Gasteiger charge is 2.31. The number of esters is 1. The normalized spacial score (nSPS) is 13.3. The molecule has 6 nitrogen and oxygen atoms in total. The number of nitriles is 1. The van der Waals surface area contributed by atoms with E-state index in [1.165, 1.54) is 19.2 Å². The Balaban J connectivity index is 1.81. The fraction of sp³-hybridized carbons (Fsp3) is 0.167. The van der Waals surface area contributed by atoms with Crippen LogP contribution in [0.25, 0.3) is 11.1 Å². The maximum Gasteiger partial charge on any atom is 0.337 e. The summed E-state index contributed by atoms with van der Waals surface area (Å²) in [5.41, 5.74) is 2.95. The van der Waals surface area contributed by atoms with E-state index in [0.29, 0.717) is 22.4 Å². The minimum absolute atomic E-state index is 0.0549. The standard InChI is InChI=1S/C24H20N2O4S/c1-30-24(27)19-10-12-21(18-8-9-18)23(14-19)31(28,29)26-22-13-16(15-25)7-11-20(22)17-5-3-2-4-6-17/h2-7,10-14,18,26H,8-9H2,1H3. The van der Waals surface area contributed by atoms with Crippen molar-refractivity contribution >= 4 is 21.7 Å². The van der Waals surface area contributed by atoms with Gasteiger partial charge in [0, 0.05) is 5.56 Å². The predicted molar refractivity (Wildman–Crippen MR) is 117 cm³/mol. The number of ether oxygens (including phenoxy) is 1. The van der Waals surface area contributed by atoms with Crippen molar-refractivity contribution in [3.63, 3.8) is 0 Å². The van der Waals surface area contributed by atoms with Crippen molar-refractivity contribution in [1.29, 1.82) is 5.26 Å². The van der Waals surface area contributed by atoms with Gasteiger partial charge in [0.25, 0.3) is 10.0 Å². The van der Waals surface area contributed by atoms with Gasteiger partial charge < -0.3 is 4.74 Å². The van der Waals surface area contributed by atoms with Crippen molar-refractivity contribution in [2.75, 3.05) is 11.8 Å². The number of benzene rings is 3. The Bertz CT molecular complexity index is 1290. The molecular formula is C24H20N2O4S. The van der Waals surface area contributed by atoms with E-state index in [0.717, 1.165) is 18.4 Å². The monoisotopic (exact) mass is 432 g/mol. The average molecular weight is 433 g/mol. The summed E-state index contributed by atoms with van der Waals surface area (Å²) >= 11 is 0. The number of rotatable bonds is 6. The summed E-state index contributed by atoms with van der Waals surface area (Å²) in [7, 11) is -2.78. The Morgan fingerprint density at radius 1 is 1.06 bits per heavy atom. The number of nitrogens with zero attached hydrogens (tertiary/aromatic N) is 1. The van der Waals surface area contributed by atoms with Crippen LogP contribution < -0.4 is 4.72 Å². The summed E-state index contributed by atoms with van der Waals surface area (Å²) in [5.74, 6) is -0.451. The topological polar surface area (TPSA) is 96.3 Å². The highest BCUT2D eigenvalue weighted by molar-refractivity contribution is 7.92. The third-order valence-corrected chi connectivity index (χ3v) is 6.64. The van der Waals surface area contributed by atoms with Gasteiger partial charge in [0.05, 0.1) is 34.9 Å². The second-order valence-corrected chi connectivity index (χ2v) is 9.01. The first kappa shape index (κ1) is 20.6. The highest BCUT2D eigenvalue weighted by Crippen LogP contribution is 2.43. The van der Waals surface area contributed by atoms with Gasteiger partial charge in [-0.25, -0.2) is 13.2 Å². The van der Waals surface area contributed by atoms with Gasteiger partial charge in [-0.2, -0.15) is 5.26 Å². The molecule has 1 aliphatic carbocycles. The summed E-state index contributed by atoms with van der Waals surface area (Å²) in [6, 6.07) is 20.9. The Kier molecular flexibility index (Phi) is 5.49. The van der Waals surface area contributed by atoms with Crippen LogP contribution in [0.1, 0.15) is 40.2 Å². The maximum atomic E-state index is 13.5. The summed E-state index contributed by atoms with van der Waals surface area (Å²) in [4.78, 5) is 12.1. The van der Waals surface area contributed by atoms with Gasteiger partial charge in [-0.1, -0.05) is 42.5 Å². The molecule has 156 valence electrons. The van der Waals surface area contributed by atoms with E-state index >= 15 is 0 Å². The molecule has 0 unspecified atom stereocenters. The second kappa shape index (κ2) is 8.25. The van der Waals surface area contributed by atoms with Gasteiger partial charge in [0.15, 0.2) is 0 Å². The molecule has 1 aliphatic rings. The molecule has 0 spiro atoms. The van der Waals surface area contributed by atoms with Crippen molar-refractivity contribution in [3.05, 3.63) is 83.4 Å². The highest BCUT2D eigenvalue weighted by atomic mass is 32.2. The fourth-order valence-corrected chi connectivity index (χ4v) is 4.91. The minimum Gasteiger partial charge on any atom is -0.465 e. The van der Waals surface area contributed by atoms with Crippen LogP contribution in [-0.4, -0.2) is 21.5 Å². The Morgan fingerprint density at radius 3 is 2.45 bits per heavy atom. The van der Waals surface area contributed by atoms with E-state index in [1.54, 1.807) is 24.3 Å². The van der Waals surface area contributed by atoms with Gasteiger partial charge in [0.2, 0.25) is 0 Å². The van der Waals surface area contributed by atoms with Gasteiger partial charge >= 0.3 is 5.97 Å². The molecule has 31 heavy (non-hydrogen) atoms. The molecule has 7 heteroatoms. The molecule has 0 saturated heterocycles. The number of sulfonamides is 1. The van der Waals surface area contributed by atoms with E-state index < -0.39 is 16.0 Å². The summed E-state index contributed by atoms with van der Waals surface area (Å²) in [6.07, 6.45) is 1.80. The molecule has 0 atom stereocenters. The molecule has 4 rings (SSSR count). The average Bonchev–Trinajstić information content (AvgIpc) is 3.64. The zero-order valence-electron chi connectivity index (χ0n) is 16.8. The number of methoxy groups -OCH3 is 1. The Morgan fingerprint density at radius 2 is 1.81 bits per heavy atom. The zero-order chi connectivity index (χ0) is 22.0. The number of nitrogens with one attached hydrogen (secondary N) is 1. The molecule has 0 aliphatic heterocycles. The van der Waals surface area contributed by atoms with Crippen molar-refractivity contribution in [2.45, 2.75) is 23.7 Å². The molecule has 0 aromatic heterocycles. The number of hydrogen-bond acceptors (Lipinski definition) is 5. The lowest BCUT2D eigenvalue weighted by molar-refractivity contribution is 0.0600. The predicted octanol–water partition coefficient (Wildman–Crippen LogP) is 4.69. The first-order valence-corrected chi connectivity index (χ1v) is 11.3. The van der Waals surface area contributed by atoms with E-state index in [2.05, 4.69) is 4.72 Å². The molecule has 1 saturated carbocycles. The van der Waals surface area contributed by atoms with Crippen LogP contribution >= 0.6 is 0 Å². The first-order chi connectivity index (χ1) is 14.9. The number of carbonyl (C=O) groups excluding carboxylic acids is 1. The summed E-state index contributed by atoms with van der Waals surface area (Å²) < 4.78 is 34.3. The van der Waals surface area contributed by atoms with Gasteiger partial charge in [0.1, 0.15) is 0 Å². The molecule has 0 bridgehead atoms. The van der Waals surface area contributed by atoms with E-state index in [4.69, 9.17) is 4.74 Å². The number of anilines is 1. The summed E-state index contributed by atoms with van der Waals surface area (Å²) in [6.45, 7) is 0. The fourth-order valence-electron chi connectivity index (χ4n) is 3.51. The van der Waals surface area contributed by atoms with Crippen LogP contribution in [0, 0.1) is 11.3 Å². The maximum absolute atomic E-state index is 13.5. The lowest BCUT2D eigenvalue weighted by Crippen LogP contribution is -2.17. The number of carbonyl (C=O) groups is 1. The van der Waals surface area contributed by atoms with Crippen molar-refractivity contribution < 1.29 is 17.9 Å². The smallest absolute Gasteiger partial charge is 0.337 e. The van der Waals surface area contributed by atoms with Crippen LogP contribution in [-0.2, 0) is 14.8 Å². The van der Waals surface area contributed by atoms with Crippen LogP contribution in [0.15, 0.2) is 71.6 Å². The Hall–Kier alpha value is -3.63. The van der Waals surface area contributed by atoms with Crippen LogP contribution in [0.5, 0.6) is 0 Å². The SMILES string of the molecule is COC(=O)c1ccc(C2CC2)c(S(=O)(=O)Nc2cc(C#N)ccc2-c2ccccc2)c1. The molecule has 0 heterocycles. The molecule has 0 radical (unpaired) electrons. The Labute approximate surface area is 181 Å². The lowest BCUT2D eigenvalue weighted by Gasteiger charge is -2.16. The van der Waals surface area contributed by atoms with Gasteiger partial charge in [-0.05, 0) is 54.2 Å². The van der Waals surface area contributed by atoms with E-state index in [9.17, 15) is 18.5 Å². The summed E-state index contributed by atoms with van der Waals surface area (Å²) in [5, 5.41) is 9.31. The molecule has 3 aromatic carbocycles. The molecule has 0 amide bonds.